The highest BCUT2D eigenvalue weighted by Crippen LogP contribution is 2.09. The van der Waals surface area contributed by atoms with Gasteiger partial charge in [-0.05, 0) is 32.9 Å². The molecule has 0 aliphatic carbocycles. The maximum absolute atomic E-state index is 11.9. The van der Waals surface area contributed by atoms with Crippen LogP contribution in [0.1, 0.15) is 19.8 Å². The van der Waals surface area contributed by atoms with Gasteiger partial charge in [0.05, 0.1) is 19.3 Å². The van der Waals surface area contributed by atoms with Gasteiger partial charge in [0.25, 0.3) is 0 Å². The third-order valence-electron chi connectivity index (χ3n) is 3.15. The fourth-order valence-electron chi connectivity index (χ4n) is 2.28. The van der Waals surface area contributed by atoms with E-state index in [2.05, 4.69) is 4.90 Å². The van der Waals surface area contributed by atoms with E-state index in [4.69, 9.17) is 4.74 Å². The number of ether oxygens (including phenoxy) is 1. The monoisotopic (exact) mass is 212 g/mol. The van der Waals surface area contributed by atoms with Crippen molar-refractivity contribution in [3.63, 3.8) is 0 Å². The zero-order valence-corrected chi connectivity index (χ0v) is 9.45. The van der Waals surface area contributed by atoms with Crippen LogP contribution in [0.25, 0.3) is 0 Å². The number of carbonyl (C=O) groups excluding carboxylic acids is 1. The molecule has 4 heteroatoms. The first-order valence-corrected chi connectivity index (χ1v) is 5.87. The average molecular weight is 212 g/mol. The SMILES string of the molecule is C[C@H]1CN(C(=O)CN2CCCC2)CCO1. The molecule has 2 saturated heterocycles. The predicted octanol–water partition coefficient (Wildman–Crippen LogP) is 0.329. The summed E-state index contributed by atoms with van der Waals surface area (Å²) in [6.45, 7) is 7.01. The molecule has 0 radical (unpaired) electrons. The summed E-state index contributed by atoms with van der Waals surface area (Å²) in [5.74, 6) is 0.270. The molecule has 4 nitrogen and oxygen atoms in total. The molecule has 0 spiro atoms. The Morgan fingerprint density at radius 3 is 2.73 bits per heavy atom. The highest BCUT2D eigenvalue weighted by molar-refractivity contribution is 5.78. The van der Waals surface area contributed by atoms with Crippen LogP contribution in [0.15, 0.2) is 0 Å². The van der Waals surface area contributed by atoms with Gasteiger partial charge < -0.3 is 9.64 Å². The Morgan fingerprint density at radius 2 is 2.07 bits per heavy atom. The van der Waals surface area contributed by atoms with Crippen LogP contribution in [0.4, 0.5) is 0 Å². The van der Waals surface area contributed by atoms with Crippen molar-refractivity contribution in [2.45, 2.75) is 25.9 Å². The predicted molar refractivity (Wildman–Crippen MR) is 57.7 cm³/mol. The highest BCUT2D eigenvalue weighted by atomic mass is 16.5. The number of amides is 1. The lowest BCUT2D eigenvalue weighted by molar-refractivity contribution is -0.139. The first-order valence-electron chi connectivity index (χ1n) is 5.87. The van der Waals surface area contributed by atoms with Crippen LogP contribution in [0.5, 0.6) is 0 Å². The van der Waals surface area contributed by atoms with Crippen LogP contribution in [-0.4, -0.2) is 61.1 Å². The molecule has 0 aromatic rings. The maximum atomic E-state index is 11.9. The molecule has 0 N–H and O–H groups in total. The zero-order valence-electron chi connectivity index (χ0n) is 9.45. The lowest BCUT2D eigenvalue weighted by Crippen LogP contribution is -2.47. The molecule has 86 valence electrons. The molecular weight excluding hydrogens is 192 g/mol. The summed E-state index contributed by atoms with van der Waals surface area (Å²) >= 11 is 0. The molecule has 2 aliphatic heterocycles. The van der Waals surface area contributed by atoms with E-state index in [1.165, 1.54) is 12.8 Å². The van der Waals surface area contributed by atoms with Crippen LogP contribution >= 0.6 is 0 Å². The van der Waals surface area contributed by atoms with E-state index in [0.29, 0.717) is 13.2 Å². The van der Waals surface area contributed by atoms with Gasteiger partial charge in [-0.25, -0.2) is 0 Å². The number of hydrogen-bond acceptors (Lipinski definition) is 3. The number of rotatable bonds is 2. The Bertz CT molecular complexity index is 227. The fraction of sp³-hybridized carbons (Fsp3) is 0.909. The molecule has 1 amide bonds. The lowest BCUT2D eigenvalue weighted by Gasteiger charge is -2.32. The van der Waals surface area contributed by atoms with Crippen LogP contribution in [0.2, 0.25) is 0 Å². The lowest BCUT2D eigenvalue weighted by atomic mass is 10.3. The first-order chi connectivity index (χ1) is 7.25. The van der Waals surface area contributed by atoms with E-state index < -0.39 is 0 Å². The van der Waals surface area contributed by atoms with E-state index in [1.807, 2.05) is 11.8 Å². The fourth-order valence-corrected chi connectivity index (χ4v) is 2.28. The Labute approximate surface area is 91.2 Å². The molecule has 15 heavy (non-hydrogen) atoms. The second-order valence-corrected chi connectivity index (χ2v) is 4.50. The topological polar surface area (TPSA) is 32.8 Å². The molecule has 2 heterocycles. The second-order valence-electron chi connectivity index (χ2n) is 4.50. The molecule has 2 fully saturated rings. The van der Waals surface area contributed by atoms with Gasteiger partial charge in [-0.15, -0.1) is 0 Å². The number of likely N-dealkylation sites (tertiary alicyclic amines) is 1. The van der Waals surface area contributed by atoms with E-state index in [1.54, 1.807) is 0 Å². The van der Waals surface area contributed by atoms with Gasteiger partial charge in [0.2, 0.25) is 5.91 Å². The summed E-state index contributed by atoms with van der Waals surface area (Å²) in [5.41, 5.74) is 0. The molecule has 1 atom stereocenters. The normalized spacial score (nSPS) is 28.3. The molecule has 0 unspecified atom stereocenters. The quantitative estimate of drug-likeness (QED) is 0.661. The van der Waals surface area contributed by atoms with Crippen LogP contribution in [0, 0.1) is 0 Å². The van der Waals surface area contributed by atoms with E-state index in [-0.39, 0.29) is 12.0 Å². The highest BCUT2D eigenvalue weighted by Gasteiger charge is 2.23. The summed E-state index contributed by atoms with van der Waals surface area (Å²) in [6.07, 6.45) is 2.68. The largest absolute Gasteiger partial charge is 0.375 e. The Hall–Kier alpha value is -0.610. The van der Waals surface area contributed by atoms with E-state index in [9.17, 15) is 4.79 Å². The van der Waals surface area contributed by atoms with E-state index >= 15 is 0 Å². The third kappa shape index (κ3) is 2.92. The van der Waals surface area contributed by atoms with Crippen molar-refractivity contribution in [1.82, 2.24) is 9.80 Å². The smallest absolute Gasteiger partial charge is 0.236 e. The average Bonchev–Trinajstić information content (AvgIpc) is 2.70. The van der Waals surface area contributed by atoms with Crippen molar-refractivity contribution >= 4 is 5.91 Å². The van der Waals surface area contributed by atoms with E-state index in [0.717, 1.165) is 26.2 Å². The van der Waals surface area contributed by atoms with Gasteiger partial charge in [-0.1, -0.05) is 0 Å². The number of hydrogen-bond donors (Lipinski definition) is 0. The Morgan fingerprint density at radius 1 is 1.33 bits per heavy atom. The minimum absolute atomic E-state index is 0.196. The zero-order chi connectivity index (χ0) is 10.7. The standard InChI is InChI=1S/C11H20N2O2/c1-10-8-13(6-7-15-10)11(14)9-12-4-2-3-5-12/h10H,2-9H2,1H3/t10-/m0/s1. The van der Waals surface area contributed by atoms with Crippen LogP contribution in [0.3, 0.4) is 0 Å². The Balaban J connectivity index is 1.78. The summed E-state index contributed by atoms with van der Waals surface area (Å²) < 4.78 is 5.42. The molecule has 0 aromatic heterocycles. The molecule has 2 rings (SSSR count). The van der Waals surface area contributed by atoms with Gasteiger partial charge in [0.15, 0.2) is 0 Å². The van der Waals surface area contributed by atoms with Gasteiger partial charge >= 0.3 is 0 Å². The molecule has 0 saturated carbocycles. The molecular formula is C11H20N2O2. The summed E-state index contributed by atoms with van der Waals surface area (Å²) in [4.78, 5) is 16.1. The van der Waals surface area contributed by atoms with Gasteiger partial charge in [0, 0.05) is 13.1 Å². The summed E-state index contributed by atoms with van der Waals surface area (Å²) in [6, 6.07) is 0. The Kier molecular flexibility index (Phi) is 3.59. The van der Waals surface area contributed by atoms with Gasteiger partial charge in [-0.3, -0.25) is 9.69 Å². The number of morpholine rings is 1. The summed E-state index contributed by atoms with van der Waals surface area (Å²) in [5, 5.41) is 0. The second kappa shape index (κ2) is 4.94. The van der Waals surface area contributed by atoms with Crippen molar-refractivity contribution in [2.75, 3.05) is 39.3 Å². The van der Waals surface area contributed by atoms with Crippen molar-refractivity contribution in [1.29, 1.82) is 0 Å². The molecule has 2 aliphatic rings. The molecule has 0 aromatic carbocycles. The van der Waals surface area contributed by atoms with Crippen LogP contribution in [-0.2, 0) is 9.53 Å². The third-order valence-corrected chi connectivity index (χ3v) is 3.15. The van der Waals surface area contributed by atoms with Crippen molar-refractivity contribution in [3.05, 3.63) is 0 Å². The summed E-state index contributed by atoms with van der Waals surface area (Å²) in [7, 11) is 0. The minimum Gasteiger partial charge on any atom is -0.375 e. The van der Waals surface area contributed by atoms with Gasteiger partial charge in [0.1, 0.15) is 0 Å². The van der Waals surface area contributed by atoms with Crippen molar-refractivity contribution in [3.8, 4) is 0 Å². The maximum Gasteiger partial charge on any atom is 0.236 e. The number of nitrogens with zero attached hydrogens (tertiary/aromatic N) is 2. The van der Waals surface area contributed by atoms with Crippen molar-refractivity contribution in [2.24, 2.45) is 0 Å². The van der Waals surface area contributed by atoms with Gasteiger partial charge in [-0.2, -0.15) is 0 Å². The molecule has 0 bridgehead atoms. The van der Waals surface area contributed by atoms with Crippen molar-refractivity contribution < 1.29 is 9.53 Å². The first kappa shape index (κ1) is 10.9. The minimum atomic E-state index is 0.196. The van der Waals surface area contributed by atoms with Crippen LogP contribution < -0.4 is 0 Å². The number of carbonyl (C=O) groups is 1.